The number of esters is 1. The first-order valence-electron chi connectivity index (χ1n) is 6.68. The van der Waals surface area contributed by atoms with Crippen LogP contribution in [0.15, 0.2) is 30.3 Å². The van der Waals surface area contributed by atoms with Crippen LogP contribution in [0.25, 0.3) is 0 Å². The number of likely N-dealkylation sites (tertiary alicyclic amines) is 1. The first kappa shape index (κ1) is 14.4. The van der Waals surface area contributed by atoms with Crippen LogP contribution in [-0.4, -0.2) is 49.0 Å². The van der Waals surface area contributed by atoms with Crippen molar-refractivity contribution in [3.05, 3.63) is 35.9 Å². The number of carbonyl (C=O) groups excluding carboxylic acids is 2. The number of carbonyl (C=O) groups is 2. The van der Waals surface area contributed by atoms with Gasteiger partial charge in [-0.1, -0.05) is 30.3 Å². The molecule has 0 radical (unpaired) electrons. The van der Waals surface area contributed by atoms with Crippen LogP contribution in [0.1, 0.15) is 24.4 Å². The van der Waals surface area contributed by atoms with Gasteiger partial charge in [0, 0.05) is 14.1 Å². The van der Waals surface area contributed by atoms with Crippen molar-refractivity contribution in [2.75, 3.05) is 21.2 Å². The summed E-state index contributed by atoms with van der Waals surface area (Å²) in [6.45, 7) is 0. The van der Waals surface area contributed by atoms with E-state index in [-0.39, 0.29) is 18.0 Å². The maximum Gasteiger partial charge on any atom is 0.328 e. The molecule has 1 aliphatic rings. The lowest BCUT2D eigenvalue weighted by Crippen LogP contribution is -2.46. The zero-order valence-electron chi connectivity index (χ0n) is 12.1. The lowest BCUT2D eigenvalue weighted by Gasteiger charge is -2.31. The largest absolute Gasteiger partial charge is 0.467 e. The molecule has 0 spiro atoms. The van der Waals surface area contributed by atoms with Crippen LogP contribution >= 0.6 is 0 Å². The van der Waals surface area contributed by atoms with E-state index in [0.717, 1.165) is 12.0 Å². The van der Waals surface area contributed by atoms with Crippen LogP contribution in [0.4, 0.5) is 4.79 Å². The molecule has 0 N–H and O–H groups in total. The Balaban J connectivity index is 2.33. The predicted octanol–water partition coefficient (Wildman–Crippen LogP) is 2.05. The Labute approximate surface area is 119 Å². The van der Waals surface area contributed by atoms with Crippen molar-refractivity contribution in [1.29, 1.82) is 0 Å². The summed E-state index contributed by atoms with van der Waals surface area (Å²) >= 11 is 0. The Bertz CT molecular complexity index is 487. The summed E-state index contributed by atoms with van der Waals surface area (Å²) in [6, 6.07) is 9.06. The van der Waals surface area contributed by atoms with Gasteiger partial charge in [-0.15, -0.1) is 0 Å². The second-order valence-electron chi connectivity index (χ2n) is 5.13. The molecule has 2 unspecified atom stereocenters. The third kappa shape index (κ3) is 2.61. The van der Waals surface area contributed by atoms with Gasteiger partial charge in [0.05, 0.1) is 13.2 Å². The van der Waals surface area contributed by atoms with Crippen LogP contribution in [0.2, 0.25) is 0 Å². The second-order valence-corrected chi connectivity index (χ2v) is 5.13. The van der Waals surface area contributed by atoms with E-state index in [1.807, 2.05) is 30.3 Å². The maximum atomic E-state index is 12.4. The van der Waals surface area contributed by atoms with Gasteiger partial charge in [0.1, 0.15) is 6.04 Å². The third-order valence-electron chi connectivity index (χ3n) is 3.65. The second kappa shape index (κ2) is 5.94. The van der Waals surface area contributed by atoms with Gasteiger partial charge in [0.15, 0.2) is 0 Å². The average Bonchev–Trinajstić information content (AvgIpc) is 2.91. The fourth-order valence-electron chi connectivity index (χ4n) is 2.68. The standard InChI is InChI=1S/C15H20N2O3/c1-16(2)15(19)17-12(11-7-5-4-6-8-11)9-10-13(17)14(18)20-3/h4-8,12-13H,9-10H2,1-3H3. The van der Waals surface area contributed by atoms with Gasteiger partial charge in [0.25, 0.3) is 0 Å². The molecular weight excluding hydrogens is 256 g/mol. The minimum Gasteiger partial charge on any atom is -0.467 e. The minimum absolute atomic E-state index is 0.0739. The van der Waals surface area contributed by atoms with E-state index in [4.69, 9.17) is 4.74 Å². The number of ether oxygens (including phenoxy) is 1. The van der Waals surface area contributed by atoms with Crippen molar-refractivity contribution in [3.63, 3.8) is 0 Å². The van der Waals surface area contributed by atoms with Crippen molar-refractivity contribution >= 4 is 12.0 Å². The smallest absolute Gasteiger partial charge is 0.328 e. The zero-order chi connectivity index (χ0) is 14.7. The number of methoxy groups -OCH3 is 1. The summed E-state index contributed by atoms with van der Waals surface area (Å²) < 4.78 is 4.83. The minimum atomic E-state index is -0.500. The van der Waals surface area contributed by atoms with Gasteiger partial charge in [-0.3, -0.25) is 0 Å². The maximum absolute atomic E-state index is 12.4. The SMILES string of the molecule is COC(=O)C1CCC(c2ccccc2)N1C(=O)N(C)C. The predicted molar refractivity (Wildman–Crippen MR) is 75.1 cm³/mol. The molecule has 20 heavy (non-hydrogen) atoms. The van der Waals surface area contributed by atoms with E-state index in [2.05, 4.69) is 0 Å². The average molecular weight is 276 g/mol. The van der Waals surface area contributed by atoms with Gasteiger partial charge in [-0.05, 0) is 18.4 Å². The number of benzene rings is 1. The number of rotatable bonds is 2. The van der Waals surface area contributed by atoms with Crippen LogP contribution < -0.4 is 0 Å². The molecule has 5 nitrogen and oxygen atoms in total. The molecule has 2 rings (SSSR count). The summed E-state index contributed by atoms with van der Waals surface area (Å²) in [5.74, 6) is -0.348. The molecule has 2 atom stereocenters. The summed E-state index contributed by atoms with van der Waals surface area (Å²) in [4.78, 5) is 27.4. The number of nitrogens with zero attached hydrogens (tertiary/aromatic N) is 2. The summed E-state index contributed by atoms with van der Waals surface area (Å²) in [6.07, 6.45) is 1.40. The Hall–Kier alpha value is -2.04. The number of hydrogen-bond acceptors (Lipinski definition) is 3. The highest BCUT2D eigenvalue weighted by Crippen LogP contribution is 2.37. The van der Waals surface area contributed by atoms with E-state index >= 15 is 0 Å². The van der Waals surface area contributed by atoms with E-state index in [1.165, 1.54) is 12.0 Å². The molecule has 5 heteroatoms. The van der Waals surface area contributed by atoms with Gasteiger partial charge < -0.3 is 14.5 Å². The molecule has 0 saturated carbocycles. The fraction of sp³-hybridized carbons (Fsp3) is 0.467. The Morgan fingerprint density at radius 1 is 1.20 bits per heavy atom. The molecule has 0 aromatic heterocycles. The molecule has 1 aliphatic heterocycles. The number of hydrogen-bond donors (Lipinski definition) is 0. The number of amides is 2. The van der Waals surface area contributed by atoms with Crippen molar-refractivity contribution < 1.29 is 14.3 Å². The van der Waals surface area contributed by atoms with E-state index < -0.39 is 6.04 Å². The molecule has 2 amide bonds. The molecule has 0 aliphatic carbocycles. The lowest BCUT2D eigenvalue weighted by molar-refractivity contribution is -0.145. The number of urea groups is 1. The highest BCUT2D eigenvalue weighted by Gasteiger charge is 2.42. The fourth-order valence-corrected chi connectivity index (χ4v) is 2.68. The highest BCUT2D eigenvalue weighted by atomic mass is 16.5. The molecule has 1 aromatic carbocycles. The topological polar surface area (TPSA) is 49.9 Å². The van der Waals surface area contributed by atoms with Gasteiger partial charge in [-0.2, -0.15) is 0 Å². The lowest BCUT2D eigenvalue weighted by atomic mass is 10.1. The van der Waals surface area contributed by atoms with E-state index in [0.29, 0.717) is 6.42 Å². The van der Waals surface area contributed by atoms with Crippen LogP contribution in [-0.2, 0) is 9.53 Å². The normalized spacial score (nSPS) is 21.6. The van der Waals surface area contributed by atoms with E-state index in [9.17, 15) is 9.59 Å². The van der Waals surface area contributed by atoms with Gasteiger partial charge in [-0.25, -0.2) is 9.59 Å². The van der Waals surface area contributed by atoms with E-state index in [1.54, 1.807) is 19.0 Å². The van der Waals surface area contributed by atoms with Crippen molar-refractivity contribution in [3.8, 4) is 0 Å². The Morgan fingerprint density at radius 3 is 2.40 bits per heavy atom. The quantitative estimate of drug-likeness (QED) is 0.777. The molecule has 108 valence electrons. The summed E-state index contributed by atoms with van der Waals surface area (Å²) in [5.41, 5.74) is 1.05. The summed E-state index contributed by atoms with van der Waals surface area (Å²) in [7, 11) is 4.74. The van der Waals surface area contributed by atoms with Crippen molar-refractivity contribution in [1.82, 2.24) is 9.80 Å². The molecule has 0 bridgehead atoms. The van der Waals surface area contributed by atoms with Gasteiger partial charge in [0.2, 0.25) is 0 Å². The van der Waals surface area contributed by atoms with Crippen LogP contribution in [0, 0.1) is 0 Å². The zero-order valence-corrected chi connectivity index (χ0v) is 12.1. The first-order valence-corrected chi connectivity index (χ1v) is 6.68. The molecule has 1 heterocycles. The van der Waals surface area contributed by atoms with Crippen LogP contribution in [0.5, 0.6) is 0 Å². The van der Waals surface area contributed by atoms with Crippen molar-refractivity contribution in [2.45, 2.75) is 24.9 Å². The Kier molecular flexibility index (Phi) is 4.27. The van der Waals surface area contributed by atoms with Crippen molar-refractivity contribution in [2.24, 2.45) is 0 Å². The third-order valence-corrected chi connectivity index (χ3v) is 3.65. The Morgan fingerprint density at radius 2 is 1.85 bits per heavy atom. The summed E-state index contributed by atoms with van der Waals surface area (Å²) in [5, 5.41) is 0. The first-order chi connectivity index (χ1) is 9.56. The molecular formula is C15H20N2O3. The molecule has 1 saturated heterocycles. The molecule has 1 fully saturated rings. The highest BCUT2D eigenvalue weighted by molar-refractivity contribution is 5.84. The monoisotopic (exact) mass is 276 g/mol. The van der Waals surface area contributed by atoms with Gasteiger partial charge >= 0.3 is 12.0 Å². The van der Waals surface area contributed by atoms with Crippen LogP contribution in [0.3, 0.4) is 0 Å². The molecule has 1 aromatic rings.